The van der Waals surface area contributed by atoms with Crippen LogP contribution in [0.1, 0.15) is 13.8 Å². The fraction of sp³-hybridized carbons (Fsp3) is 1.00. The van der Waals surface area contributed by atoms with Gasteiger partial charge in [0.25, 0.3) is 0 Å². The van der Waals surface area contributed by atoms with Gasteiger partial charge in [-0.05, 0) is 6.92 Å². The molecule has 0 aromatic carbocycles. The van der Waals surface area contributed by atoms with Crippen LogP contribution in [-0.4, -0.2) is 46.4 Å². The minimum Gasteiger partial charge on any atom is -0.382 e. The lowest BCUT2D eigenvalue weighted by molar-refractivity contribution is -0.0107. The molecule has 0 aromatic rings. The summed E-state index contributed by atoms with van der Waals surface area (Å²) < 4.78 is 16.3. The van der Waals surface area contributed by atoms with Crippen LogP contribution in [0.3, 0.4) is 0 Å². The molecule has 76 valence electrons. The lowest BCUT2D eigenvalue weighted by atomic mass is 9.89. The second-order valence-electron chi connectivity index (χ2n) is 3.73. The molecule has 1 aliphatic heterocycles. The van der Waals surface area contributed by atoms with Crippen LogP contribution in [0.15, 0.2) is 0 Å². The first-order valence-corrected chi connectivity index (χ1v) is 4.92. The fourth-order valence-electron chi connectivity index (χ4n) is 1.79. The number of hydrogen-bond acceptors (Lipinski definition) is 3. The van der Waals surface area contributed by atoms with Gasteiger partial charge in [0.1, 0.15) is 7.85 Å². The van der Waals surface area contributed by atoms with Gasteiger partial charge in [-0.25, -0.2) is 0 Å². The second kappa shape index (κ2) is 4.98. The predicted octanol–water partition coefficient (Wildman–Crippen LogP) is 0.0320. The van der Waals surface area contributed by atoms with Crippen LogP contribution in [0.25, 0.3) is 0 Å². The fourth-order valence-corrected chi connectivity index (χ4v) is 1.79. The van der Waals surface area contributed by atoms with Crippen molar-refractivity contribution in [3.05, 3.63) is 0 Å². The smallest absolute Gasteiger partial charge is 0.142 e. The Bertz CT molecular complexity index is 154. The molecule has 1 unspecified atom stereocenters. The van der Waals surface area contributed by atoms with E-state index in [1.165, 1.54) is 0 Å². The Labute approximate surface area is 81.1 Å². The quantitative estimate of drug-likeness (QED) is 0.458. The largest absolute Gasteiger partial charge is 0.382 e. The summed E-state index contributed by atoms with van der Waals surface area (Å²) in [5, 5.41) is 0. The summed E-state index contributed by atoms with van der Waals surface area (Å²) in [4.78, 5) is 0. The van der Waals surface area contributed by atoms with Crippen molar-refractivity contribution < 1.29 is 14.2 Å². The van der Waals surface area contributed by atoms with Crippen molar-refractivity contribution >= 4 is 7.85 Å². The summed E-state index contributed by atoms with van der Waals surface area (Å²) in [5.74, 6) is 0.479. The molecular formula is C9H19BO3. The van der Waals surface area contributed by atoms with Crippen molar-refractivity contribution in [2.45, 2.75) is 32.1 Å². The monoisotopic (exact) mass is 186 g/mol. The van der Waals surface area contributed by atoms with Gasteiger partial charge in [0.2, 0.25) is 0 Å². The molecule has 4 atom stereocenters. The minimum atomic E-state index is 0.210. The zero-order valence-corrected chi connectivity index (χ0v) is 8.95. The van der Waals surface area contributed by atoms with E-state index in [0.717, 1.165) is 0 Å². The van der Waals surface area contributed by atoms with E-state index in [2.05, 4.69) is 21.7 Å². The topological polar surface area (TPSA) is 27.7 Å². The molecule has 3 nitrogen and oxygen atoms in total. The van der Waals surface area contributed by atoms with Crippen LogP contribution < -0.4 is 0 Å². The SMILES string of the molecule is B[C@@H]1O[C@H](C)C(C)[C@H]1OCCOC. The van der Waals surface area contributed by atoms with Crippen LogP contribution in [0.4, 0.5) is 0 Å². The highest BCUT2D eigenvalue weighted by Gasteiger charge is 2.37. The summed E-state index contributed by atoms with van der Waals surface area (Å²) in [6, 6.07) is 0.210. The Morgan fingerprint density at radius 1 is 1.31 bits per heavy atom. The number of rotatable bonds is 4. The van der Waals surface area contributed by atoms with Gasteiger partial charge in [-0.1, -0.05) is 6.92 Å². The molecule has 13 heavy (non-hydrogen) atoms. The van der Waals surface area contributed by atoms with Crippen molar-refractivity contribution in [1.82, 2.24) is 0 Å². The van der Waals surface area contributed by atoms with E-state index in [0.29, 0.717) is 25.2 Å². The van der Waals surface area contributed by atoms with E-state index in [9.17, 15) is 0 Å². The summed E-state index contributed by atoms with van der Waals surface area (Å²) >= 11 is 0. The van der Waals surface area contributed by atoms with Gasteiger partial charge in [0.05, 0.1) is 31.4 Å². The van der Waals surface area contributed by atoms with Crippen molar-refractivity contribution in [1.29, 1.82) is 0 Å². The zero-order valence-electron chi connectivity index (χ0n) is 8.95. The first-order valence-electron chi connectivity index (χ1n) is 4.92. The molecule has 1 aliphatic rings. The second-order valence-corrected chi connectivity index (χ2v) is 3.73. The van der Waals surface area contributed by atoms with E-state index in [1.807, 2.05) is 0 Å². The molecule has 0 spiro atoms. The third-order valence-corrected chi connectivity index (χ3v) is 2.75. The molecule has 0 aromatic heterocycles. The molecule has 1 heterocycles. The summed E-state index contributed by atoms with van der Waals surface area (Å²) in [5.41, 5.74) is 0. The minimum absolute atomic E-state index is 0.210. The highest BCUT2D eigenvalue weighted by atomic mass is 16.6. The number of hydrogen-bond donors (Lipinski definition) is 0. The van der Waals surface area contributed by atoms with Gasteiger partial charge in [-0.15, -0.1) is 0 Å². The average Bonchev–Trinajstić information content (AvgIpc) is 2.32. The van der Waals surface area contributed by atoms with Crippen molar-refractivity contribution in [2.75, 3.05) is 20.3 Å². The standard InChI is InChI=1S/C9H19BO3/c1-6-7(2)13-9(10)8(6)12-5-4-11-3/h6-9H,4-5,10H2,1-3H3/t6?,7-,8-,9-/m1/s1. The molecule has 1 saturated heterocycles. The Morgan fingerprint density at radius 3 is 2.46 bits per heavy atom. The highest BCUT2D eigenvalue weighted by Crippen LogP contribution is 2.27. The van der Waals surface area contributed by atoms with Crippen molar-refractivity contribution in [3.8, 4) is 0 Å². The van der Waals surface area contributed by atoms with Crippen LogP contribution in [0.2, 0.25) is 0 Å². The molecule has 0 N–H and O–H groups in total. The number of ether oxygens (including phenoxy) is 3. The summed E-state index contributed by atoms with van der Waals surface area (Å²) in [7, 11) is 3.75. The molecule has 0 bridgehead atoms. The van der Waals surface area contributed by atoms with Crippen molar-refractivity contribution in [2.24, 2.45) is 5.92 Å². The third kappa shape index (κ3) is 2.69. The van der Waals surface area contributed by atoms with Crippen LogP contribution in [-0.2, 0) is 14.2 Å². The Kier molecular flexibility index (Phi) is 4.23. The Balaban J connectivity index is 2.31. The van der Waals surface area contributed by atoms with Gasteiger partial charge in [-0.2, -0.15) is 0 Å². The first-order chi connectivity index (χ1) is 6.16. The summed E-state index contributed by atoms with van der Waals surface area (Å²) in [6.07, 6.45) is 0.535. The van der Waals surface area contributed by atoms with Gasteiger partial charge in [-0.3, -0.25) is 0 Å². The van der Waals surface area contributed by atoms with Gasteiger partial charge >= 0.3 is 0 Å². The Morgan fingerprint density at radius 2 is 2.00 bits per heavy atom. The molecular weight excluding hydrogens is 167 g/mol. The van der Waals surface area contributed by atoms with E-state index in [-0.39, 0.29) is 12.1 Å². The molecule has 0 aliphatic carbocycles. The van der Waals surface area contributed by atoms with E-state index < -0.39 is 0 Å². The maximum atomic E-state index is 5.69. The van der Waals surface area contributed by atoms with E-state index >= 15 is 0 Å². The third-order valence-electron chi connectivity index (χ3n) is 2.75. The maximum absolute atomic E-state index is 5.69. The van der Waals surface area contributed by atoms with E-state index in [1.54, 1.807) is 7.11 Å². The lowest BCUT2D eigenvalue weighted by Crippen LogP contribution is -2.30. The predicted molar refractivity (Wildman–Crippen MR) is 53.7 cm³/mol. The zero-order chi connectivity index (χ0) is 9.84. The van der Waals surface area contributed by atoms with Gasteiger partial charge in [0, 0.05) is 13.0 Å². The Hall–Kier alpha value is -0.0551. The molecule has 4 heteroatoms. The number of methoxy groups -OCH3 is 1. The van der Waals surface area contributed by atoms with E-state index in [4.69, 9.17) is 14.2 Å². The highest BCUT2D eigenvalue weighted by molar-refractivity contribution is 6.11. The molecule has 0 amide bonds. The molecule has 0 saturated carbocycles. The molecule has 0 radical (unpaired) electrons. The van der Waals surface area contributed by atoms with Crippen LogP contribution in [0, 0.1) is 5.92 Å². The molecule has 1 rings (SSSR count). The lowest BCUT2D eigenvalue weighted by Gasteiger charge is -2.18. The van der Waals surface area contributed by atoms with Crippen LogP contribution in [0.5, 0.6) is 0 Å². The molecule has 1 fully saturated rings. The normalized spacial score (nSPS) is 39.6. The maximum Gasteiger partial charge on any atom is 0.142 e. The van der Waals surface area contributed by atoms with Gasteiger partial charge in [0.15, 0.2) is 0 Å². The summed E-state index contributed by atoms with van der Waals surface area (Å²) in [6.45, 7) is 5.59. The van der Waals surface area contributed by atoms with Crippen LogP contribution >= 0.6 is 0 Å². The van der Waals surface area contributed by atoms with Gasteiger partial charge < -0.3 is 14.2 Å². The average molecular weight is 186 g/mol. The first kappa shape index (κ1) is 11.0. The van der Waals surface area contributed by atoms with Crippen molar-refractivity contribution in [3.63, 3.8) is 0 Å².